The molecule has 0 radical (unpaired) electrons. The Morgan fingerprint density at radius 2 is 2.25 bits per heavy atom. The molecule has 0 saturated carbocycles. The summed E-state index contributed by atoms with van der Waals surface area (Å²) in [6, 6.07) is 4.30. The standard InChI is InChI=1S/C14H13ClFN3O/c1-2-19-14(17-10-18-19)9-20-13-7-11(4-3-5-15)6-12(16)8-13/h6-8,10H,2,5,9H2,1H3. The first-order valence-electron chi connectivity index (χ1n) is 6.08. The molecule has 20 heavy (non-hydrogen) atoms. The predicted molar refractivity (Wildman–Crippen MR) is 74.0 cm³/mol. The van der Waals surface area contributed by atoms with Crippen molar-refractivity contribution in [2.75, 3.05) is 5.88 Å². The molecule has 1 heterocycles. The van der Waals surface area contributed by atoms with E-state index in [1.54, 1.807) is 10.7 Å². The molecule has 0 aliphatic carbocycles. The summed E-state index contributed by atoms with van der Waals surface area (Å²) in [6.45, 7) is 2.88. The van der Waals surface area contributed by atoms with Crippen molar-refractivity contribution in [1.29, 1.82) is 0 Å². The molecule has 0 saturated heterocycles. The van der Waals surface area contributed by atoms with Crippen LogP contribution >= 0.6 is 11.6 Å². The number of nitrogens with zero attached hydrogens (tertiary/aromatic N) is 3. The van der Waals surface area contributed by atoms with Crippen molar-refractivity contribution >= 4 is 11.6 Å². The number of hydrogen-bond acceptors (Lipinski definition) is 3. The van der Waals surface area contributed by atoms with E-state index in [-0.39, 0.29) is 12.5 Å². The van der Waals surface area contributed by atoms with Crippen LogP contribution in [0.5, 0.6) is 5.75 Å². The summed E-state index contributed by atoms with van der Waals surface area (Å²) in [5.74, 6) is 6.31. The van der Waals surface area contributed by atoms with E-state index >= 15 is 0 Å². The quantitative estimate of drug-likeness (QED) is 0.642. The van der Waals surface area contributed by atoms with Crippen molar-refractivity contribution in [3.8, 4) is 17.6 Å². The van der Waals surface area contributed by atoms with Gasteiger partial charge in [-0.25, -0.2) is 14.1 Å². The number of alkyl halides is 1. The van der Waals surface area contributed by atoms with Gasteiger partial charge in [0.1, 0.15) is 24.5 Å². The molecule has 0 aliphatic rings. The number of aromatic nitrogens is 3. The summed E-state index contributed by atoms with van der Waals surface area (Å²) in [4.78, 5) is 4.08. The number of aryl methyl sites for hydroxylation is 1. The van der Waals surface area contributed by atoms with E-state index in [4.69, 9.17) is 16.3 Å². The molecule has 0 aliphatic heterocycles. The Morgan fingerprint density at radius 1 is 1.40 bits per heavy atom. The monoisotopic (exact) mass is 293 g/mol. The van der Waals surface area contributed by atoms with Gasteiger partial charge in [-0.15, -0.1) is 11.6 Å². The largest absolute Gasteiger partial charge is 0.485 e. The summed E-state index contributed by atoms with van der Waals surface area (Å²) in [7, 11) is 0. The third-order valence-electron chi connectivity index (χ3n) is 2.53. The van der Waals surface area contributed by atoms with Gasteiger partial charge in [-0.05, 0) is 19.1 Å². The third kappa shape index (κ3) is 3.72. The molecular formula is C14H13ClFN3O. The molecule has 1 aromatic carbocycles. The van der Waals surface area contributed by atoms with Gasteiger partial charge in [0.05, 0.1) is 5.88 Å². The minimum Gasteiger partial charge on any atom is -0.485 e. The molecule has 0 unspecified atom stereocenters. The summed E-state index contributed by atoms with van der Waals surface area (Å²) < 4.78 is 20.7. The zero-order valence-electron chi connectivity index (χ0n) is 10.9. The molecule has 0 atom stereocenters. The third-order valence-corrected chi connectivity index (χ3v) is 2.67. The Kier molecular flexibility index (Phi) is 4.97. The molecule has 2 rings (SSSR count). The maximum atomic E-state index is 13.5. The second kappa shape index (κ2) is 6.92. The zero-order chi connectivity index (χ0) is 14.4. The van der Waals surface area contributed by atoms with Gasteiger partial charge < -0.3 is 4.74 Å². The van der Waals surface area contributed by atoms with Gasteiger partial charge in [-0.2, -0.15) is 5.10 Å². The molecule has 0 bridgehead atoms. The first kappa shape index (κ1) is 14.4. The molecule has 104 valence electrons. The van der Waals surface area contributed by atoms with Crippen LogP contribution in [0.25, 0.3) is 0 Å². The molecular weight excluding hydrogens is 281 g/mol. The highest BCUT2D eigenvalue weighted by Gasteiger charge is 2.05. The highest BCUT2D eigenvalue weighted by atomic mass is 35.5. The number of hydrogen-bond donors (Lipinski definition) is 0. The number of ether oxygens (including phenoxy) is 1. The number of benzene rings is 1. The van der Waals surface area contributed by atoms with Crippen LogP contribution in [0.2, 0.25) is 0 Å². The summed E-state index contributed by atoms with van der Waals surface area (Å²) >= 11 is 5.48. The van der Waals surface area contributed by atoms with Gasteiger partial charge in [0, 0.05) is 18.2 Å². The van der Waals surface area contributed by atoms with E-state index in [0.29, 0.717) is 23.7 Å². The lowest BCUT2D eigenvalue weighted by atomic mass is 10.2. The van der Waals surface area contributed by atoms with Crippen molar-refractivity contribution < 1.29 is 9.13 Å². The minimum atomic E-state index is -0.404. The fourth-order valence-electron chi connectivity index (χ4n) is 1.67. The van der Waals surface area contributed by atoms with Gasteiger partial charge in [-0.3, -0.25) is 0 Å². The molecule has 0 N–H and O–H groups in total. The molecule has 2 aromatic rings. The van der Waals surface area contributed by atoms with Crippen molar-refractivity contribution in [3.63, 3.8) is 0 Å². The van der Waals surface area contributed by atoms with E-state index in [2.05, 4.69) is 21.9 Å². The van der Waals surface area contributed by atoms with Crippen LogP contribution in [-0.2, 0) is 13.2 Å². The Hall–Kier alpha value is -2.06. The van der Waals surface area contributed by atoms with Crippen LogP contribution in [0, 0.1) is 17.7 Å². The predicted octanol–water partition coefficient (Wildman–Crippen LogP) is 2.61. The van der Waals surface area contributed by atoms with Gasteiger partial charge in [0.2, 0.25) is 0 Å². The Labute approximate surface area is 121 Å². The van der Waals surface area contributed by atoms with Crippen molar-refractivity contribution in [2.24, 2.45) is 0 Å². The topological polar surface area (TPSA) is 39.9 Å². The van der Waals surface area contributed by atoms with Crippen molar-refractivity contribution in [3.05, 3.63) is 41.7 Å². The smallest absolute Gasteiger partial charge is 0.164 e. The maximum absolute atomic E-state index is 13.5. The minimum absolute atomic E-state index is 0.201. The molecule has 0 amide bonds. The van der Waals surface area contributed by atoms with E-state index in [9.17, 15) is 4.39 Å². The van der Waals surface area contributed by atoms with Gasteiger partial charge >= 0.3 is 0 Å². The Morgan fingerprint density at radius 3 is 3.00 bits per heavy atom. The lowest BCUT2D eigenvalue weighted by Crippen LogP contribution is -2.07. The molecule has 6 heteroatoms. The molecule has 0 fully saturated rings. The SMILES string of the molecule is CCn1ncnc1COc1cc(F)cc(C#CCCl)c1. The van der Waals surface area contributed by atoms with E-state index in [1.165, 1.54) is 18.5 Å². The highest BCUT2D eigenvalue weighted by molar-refractivity contribution is 6.19. The lowest BCUT2D eigenvalue weighted by Gasteiger charge is -2.07. The average Bonchev–Trinajstić information content (AvgIpc) is 2.90. The van der Waals surface area contributed by atoms with Crippen molar-refractivity contribution in [2.45, 2.75) is 20.1 Å². The lowest BCUT2D eigenvalue weighted by molar-refractivity contribution is 0.286. The second-order valence-electron chi connectivity index (χ2n) is 3.89. The van der Waals surface area contributed by atoms with Crippen molar-refractivity contribution in [1.82, 2.24) is 14.8 Å². The molecule has 4 nitrogen and oxygen atoms in total. The average molecular weight is 294 g/mol. The number of rotatable bonds is 4. The summed E-state index contributed by atoms with van der Waals surface area (Å²) in [5.41, 5.74) is 0.526. The van der Waals surface area contributed by atoms with Crippen LogP contribution in [0.1, 0.15) is 18.3 Å². The maximum Gasteiger partial charge on any atom is 0.164 e. The summed E-state index contributed by atoms with van der Waals surface area (Å²) in [5, 5.41) is 4.04. The van der Waals surface area contributed by atoms with Gasteiger partial charge in [0.25, 0.3) is 0 Å². The summed E-state index contributed by atoms with van der Waals surface area (Å²) in [6.07, 6.45) is 1.46. The number of halogens is 2. The molecule has 1 aromatic heterocycles. The highest BCUT2D eigenvalue weighted by Crippen LogP contribution is 2.17. The first-order chi connectivity index (χ1) is 9.72. The molecule has 0 spiro atoms. The van der Waals surface area contributed by atoms with E-state index in [0.717, 1.165) is 0 Å². The Bertz CT molecular complexity index is 645. The Balaban J connectivity index is 2.11. The fraction of sp³-hybridized carbons (Fsp3) is 0.286. The van der Waals surface area contributed by atoms with Crippen LogP contribution < -0.4 is 4.74 Å². The van der Waals surface area contributed by atoms with E-state index < -0.39 is 5.82 Å². The first-order valence-corrected chi connectivity index (χ1v) is 6.61. The fourth-order valence-corrected chi connectivity index (χ4v) is 1.73. The van der Waals surface area contributed by atoms with E-state index in [1.807, 2.05) is 6.92 Å². The van der Waals surface area contributed by atoms with Crippen LogP contribution in [0.15, 0.2) is 24.5 Å². The van der Waals surface area contributed by atoms with Crippen LogP contribution in [0.3, 0.4) is 0 Å². The van der Waals surface area contributed by atoms with Crippen LogP contribution in [0.4, 0.5) is 4.39 Å². The zero-order valence-corrected chi connectivity index (χ0v) is 11.7. The second-order valence-corrected chi connectivity index (χ2v) is 4.16. The van der Waals surface area contributed by atoms with Gasteiger partial charge in [0.15, 0.2) is 5.82 Å². The van der Waals surface area contributed by atoms with Gasteiger partial charge in [-0.1, -0.05) is 11.8 Å². The normalized spacial score (nSPS) is 9.95. The van der Waals surface area contributed by atoms with Crippen LogP contribution in [-0.4, -0.2) is 20.6 Å².